The molecule has 3 aromatic rings. The number of anilines is 1. The van der Waals surface area contributed by atoms with Gasteiger partial charge in [-0.1, -0.05) is 36.9 Å². The molecule has 28 heavy (non-hydrogen) atoms. The Balaban J connectivity index is 1.37. The Morgan fingerprint density at radius 2 is 1.89 bits per heavy atom. The van der Waals surface area contributed by atoms with Gasteiger partial charge in [0, 0.05) is 42.1 Å². The average Bonchev–Trinajstić information content (AvgIpc) is 3.15. The maximum Gasteiger partial charge on any atom is 0.233 e. The van der Waals surface area contributed by atoms with Gasteiger partial charge < -0.3 is 9.80 Å². The van der Waals surface area contributed by atoms with Gasteiger partial charge in [-0.2, -0.15) is 0 Å². The molecule has 0 aliphatic carbocycles. The van der Waals surface area contributed by atoms with Crippen LogP contribution < -0.4 is 4.90 Å². The lowest BCUT2D eigenvalue weighted by Crippen LogP contribution is -2.49. The normalized spacial score (nSPS) is 14.6. The first kappa shape index (κ1) is 19.2. The van der Waals surface area contributed by atoms with Gasteiger partial charge in [0.2, 0.25) is 5.91 Å². The molecule has 0 atom stereocenters. The van der Waals surface area contributed by atoms with Gasteiger partial charge in [0.1, 0.15) is 15.7 Å². The number of aromatic nitrogens is 2. The molecule has 1 aliphatic rings. The van der Waals surface area contributed by atoms with Crippen molar-refractivity contribution in [3.05, 3.63) is 47.1 Å². The third-order valence-electron chi connectivity index (χ3n) is 4.96. The number of carbonyl (C=O) groups is 1. The molecule has 146 valence electrons. The van der Waals surface area contributed by atoms with Crippen molar-refractivity contribution in [1.29, 1.82) is 0 Å². The van der Waals surface area contributed by atoms with Gasteiger partial charge >= 0.3 is 0 Å². The number of amides is 1. The number of hydrogen-bond donors (Lipinski definition) is 0. The lowest BCUT2D eigenvalue weighted by atomic mass is 10.2. The summed E-state index contributed by atoms with van der Waals surface area (Å²) in [7, 11) is 0. The zero-order chi connectivity index (χ0) is 19.5. The number of hydrogen-bond acceptors (Lipinski definition) is 6. The Bertz CT molecular complexity index is 965. The van der Waals surface area contributed by atoms with Crippen molar-refractivity contribution in [2.45, 2.75) is 25.3 Å². The van der Waals surface area contributed by atoms with Gasteiger partial charge in [-0.05, 0) is 31.5 Å². The van der Waals surface area contributed by atoms with Gasteiger partial charge in [-0.15, -0.1) is 11.3 Å². The maximum absolute atomic E-state index is 12.7. The number of thioether (sulfide) groups is 1. The minimum Gasteiger partial charge on any atom is -0.368 e. The number of para-hydroxylation sites is 1. The average molecular weight is 413 g/mol. The third-order valence-corrected chi connectivity index (χ3v) is 7.10. The molecule has 2 aromatic heterocycles. The smallest absolute Gasteiger partial charge is 0.233 e. The fourth-order valence-corrected chi connectivity index (χ4v) is 5.43. The summed E-state index contributed by atoms with van der Waals surface area (Å²) in [4.78, 5) is 28.5. The van der Waals surface area contributed by atoms with E-state index in [2.05, 4.69) is 52.1 Å². The Hall–Kier alpha value is -2.12. The summed E-state index contributed by atoms with van der Waals surface area (Å²) in [5.74, 6) is 1.38. The number of fused-ring (bicyclic) bond motifs is 1. The van der Waals surface area contributed by atoms with Crippen LogP contribution >= 0.6 is 23.1 Å². The van der Waals surface area contributed by atoms with Crippen molar-refractivity contribution in [3.8, 4) is 0 Å². The lowest BCUT2D eigenvalue weighted by Gasteiger charge is -2.36. The molecule has 0 unspecified atom stereocenters. The van der Waals surface area contributed by atoms with E-state index in [-0.39, 0.29) is 5.91 Å². The van der Waals surface area contributed by atoms with Crippen molar-refractivity contribution in [2.75, 3.05) is 36.8 Å². The quantitative estimate of drug-likeness (QED) is 0.468. The summed E-state index contributed by atoms with van der Waals surface area (Å²) < 4.78 is 0. The Morgan fingerprint density at radius 3 is 2.61 bits per heavy atom. The zero-order valence-electron chi connectivity index (χ0n) is 16.2. The van der Waals surface area contributed by atoms with E-state index < -0.39 is 0 Å². The van der Waals surface area contributed by atoms with E-state index in [0.29, 0.717) is 5.75 Å². The number of aryl methyl sites for hydroxylation is 2. The zero-order valence-corrected chi connectivity index (χ0v) is 17.9. The number of piperazine rings is 1. The minimum absolute atomic E-state index is 0.188. The SMILES string of the molecule is CCc1cc2c(SCC(=O)N3CCN(c4ccccc4)CC3)nc(C)nc2s1. The fourth-order valence-electron chi connectivity index (χ4n) is 3.41. The predicted octanol–water partition coefficient (Wildman–Crippen LogP) is 4.00. The van der Waals surface area contributed by atoms with Crippen LogP contribution in [0.15, 0.2) is 41.4 Å². The molecular formula is C21H24N4OS2. The highest BCUT2D eigenvalue weighted by Crippen LogP contribution is 2.32. The molecule has 7 heteroatoms. The molecule has 0 spiro atoms. The molecule has 0 bridgehead atoms. The Kier molecular flexibility index (Phi) is 5.82. The number of rotatable bonds is 5. The molecule has 5 nitrogen and oxygen atoms in total. The predicted molar refractivity (Wildman–Crippen MR) is 117 cm³/mol. The summed E-state index contributed by atoms with van der Waals surface area (Å²) in [6, 6.07) is 12.6. The van der Waals surface area contributed by atoms with Gasteiger partial charge in [-0.25, -0.2) is 9.97 Å². The Labute approximate surface area is 173 Å². The van der Waals surface area contributed by atoms with Crippen LogP contribution in [0.4, 0.5) is 5.69 Å². The number of nitrogens with zero attached hydrogens (tertiary/aromatic N) is 4. The monoisotopic (exact) mass is 412 g/mol. The van der Waals surface area contributed by atoms with Crippen LogP contribution in [0.2, 0.25) is 0 Å². The van der Waals surface area contributed by atoms with Crippen LogP contribution in [0.25, 0.3) is 10.2 Å². The van der Waals surface area contributed by atoms with Crippen molar-refractivity contribution < 1.29 is 4.79 Å². The molecule has 1 aromatic carbocycles. The highest BCUT2D eigenvalue weighted by molar-refractivity contribution is 8.00. The van der Waals surface area contributed by atoms with Gasteiger partial charge in [0.25, 0.3) is 0 Å². The highest BCUT2D eigenvalue weighted by atomic mass is 32.2. The van der Waals surface area contributed by atoms with Crippen LogP contribution in [0.3, 0.4) is 0 Å². The van der Waals surface area contributed by atoms with Crippen molar-refractivity contribution in [1.82, 2.24) is 14.9 Å². The molecule has 1 amide bonds. The first-order valence-corrected chi connectivity index (χ1v) is 11.4. The summed E-state index contributed by atoms with van der Waals surface area (Å²) in [6.07, 6.45) is 0.995. The second-order valence-corrected chi connectivity index (χ2v) is 8.93. The van der Waals surface area contributed by atoms with Crippen molar-refractivity contribution >= 4 is 44.9 Å². The molecule has 0 saturated carbocycles. The molecule has 1 fully saturated rings. The van der Waals surface area contributed by atoms with E-state index in [4.69, 9.17) is 0 Å². The van der Waals surface area contributed by atoms with Crippen molar-refractivity contribution in [3.63, 3.8) is 0 Å². The highest BCUT2D eigenvalue weighted by Gasteiger charge is 2.22. The van der Waals surface area contributed by atoms with E-state index >= 15 is 0 Å². The minimum atomic E-state index is 0.188. The van der Waals surface area contributed by atoms with Gasteiger partial charge in [-0.3, -0.25) is 4.79 Å². The number of carbonyl (C=O) groups excluding carboxylic acids is 1. The summed E-state index contributed by atoms with van der Waals surface area (Å²) in [5.41, 5.74) is 1.23. The molecule has 4 rings (SSSR count). The third kappa shape index (κ3) is 4.15. The number of thiophene rings is 1. The fraction of sp³-hybridized carbons (Fsp3) is 0.381. The largest absolute Gasteiger partial charge is 0.368 e. The molecule has 1 aliphatic heterocycles. The van der Waals surface area contributed by atoms with E-state index in [0.717, 1.165) is 53.7 Å². The van der Waals surface area contributed by atoms with Crippen LogP contribution in [0, 0.1) is 6.92 Å². The molecule has 1 saturated heterocycles. The Morgan fingerprint density at radius 1 is 1.14 bits per heavy atom. The molecule has 0 N–H and O–H groups in total. The van der Waals surface area contributed by atoms with E-state index in [1.165, 1.54) is 22.3 Å². The maximum atomic E-state index is 12.7. The van der Waals surface area contributed by atoms with Gasteiger partial charge in [0.05, 0.1) is 5.75 Å². The number of benzene rings is 1. The molecule has 3 heterocycles. The van der Waals surface area contributed by atoms with E-state index in [1.807, 2.05) is 17.9 Å². The molecule has 0 radical (unpaired) electrons. The lowest BCUT2D eigenvalue weighted by molar-refractivity contribution is -0.128. The summed E-state index contributed by atoms with van der Waals surface area (Å²) in [5, 5.41) is 2.01. The van der Waals surface area contributed by atoms with Crippen LogP contribution in [0.1, 0.15) is 17.6 Å². The molecular weight excluding hydrogens is 388 g/mol. The first-order chi connectivity index (χ1) is 13.6. The van der Waals surface area contributed by atoms with Crippen LogP contribution in [-0.4, -0.2) is 52.7 Å². The first-order valence-electron chi connectivity index (χ1n) is 9.61. The second kappa shape index (κ2) is 8.49. The standard InChI is InChI=1S/C21H24N4OS2/c1-3-17-13-18-20(22-15(2)23-21(18)28-17)27-14-19(26)25-11-9-24(10-12-25)16-7-5-4-6-8-16/h4-8,13H,3,9-12,14H2,1-2H3. The topological polar surface area (TPSA) is 49.3 Å². The van der Waals surface area contributed by atoms with E-state index in [1.54, 1.807) is 11.3 Å². The van der Waals surface area contributed by atoms with Crippen LogP contribution in [0.5, 0.6) is 0 Å². The van der Waals surface area contributed by atoms with Crippen molar-refractivity contribution in [2.24, 2.45) is 0 Å². The van der Waals surface area contributed by atoms with Gasteiger partial charge in [0.15, 0.2) is 0 Å². The second-order valence-electron chi connectivity index (χ2n) is 6.85. The summed E-state index contributed by atoms with van der Waals surface area (Å²) in [6.45, 7) is 7.36. The van der Waals surface area contributed by atoms with E-state index in [9.17, 15) is 4.79 Å². The van der Waals surface area contributed by atoms with Crippen LogP contribution in [-0.2, 0) is 11.2 Å². The summed E-state index contributed by atoms with van der Waals surface area (Å²) >= 11 is 3.26.